The highest BCUT2D eigenvalue weighted by Gasteiger charge is 2.27. The monoisotopic (exact) mass is 227 g/mol. The van der Waals surface area contributed by atoms with Crippen LogP contribution in [0.2, 0.25) is 0 Å². The van der Waals surface area contributed by atoms with Gasteiger partial charge >= 0.3 is 17.6 Å². The van der Waals surface area contributed by atoms with Crippen molar-refractivity contribution in [2.24, 2.45) is 0 Å². The molecule has 0 fully saturated rings. The predicted octanol–water partition coefficient (Wildman–Crippen LogP) is 0.697. The van der Waals surface area contributed by atoms with Crippen molar-refractivity contribution in [3.63, 3.8) is 0 Å². The maximum atomic E-state index is 10.7. The van der Waals surface area contributed by atoms with Gasteiger partial charge in [-0.05, 0) is 6.07 Å². The van der Waals surface area contributed by atoms with Gasteiger partial charge in [0.05, 0.1) is 10.5 Å². The standard InChI is InChI=1S/C8H5NO7/c10-6-4(9(15)16)2-1-3(7(11)12)5(6)8(13)14/h1-2,10H,(H,11,12)(H,13,14). The number of phenols is 1. The Morgan fingerprint density at radius 1 is 1.19 bits per heavy atom. The Balaban J connectivity index is 3.60. The third-order valence-electron chi connectivity index (χ3n) is 1.80. The van der Waals surface area contributed by atoms with Crippen LogP contribution in [-0.4, -0.2) is 32.2 Å². The van der Waals surface area contributed by atoms with Gasteiger partial charge in [0, 0.05) is 6.07 Å². The molecular weight excluding hydrogens is 222 g/mol. The quantitative estimate of drug-likeness (QED) is 0.510. The van der Waals surface area contributed by atoms with Crippen molar-refractivity contribution in [2.75, 3.05) is 0 Å². The van der Waals surface area contributed by atoms with E-state index in [2.05, 4.69) is 0 Å². The highest BCUT2D eigenvalue weighted by Crippen LogP contribution is 2.32. The molecule has 0 radical (unpaired) electrons. The number of hydrogen-bond donors (Lipinski definition) is 3. The van der Waals surface area contributed by atoms with Crippen LogP contribution in [0.3, 0.4) is 0 Å². The molecule has 0 saturated heterocycles. The summed E-state index contributed by atoms with van der Waals surface area (Å²) < 4.78 is 0. The van der Waals surface area contributed by atoms with Crippen LogP contribution in [0, 0.1) is 10.1 Å². The first kappa shape index (κ1) is 11.4. The molecule has 0 aromatic heterocycles. The minimum Gasteiger partial charge on any atom is -0.501 e. The largest absolute Gasteiger partial charge is 0.501 e. The minimum absolute atomic E-state index is 0.712. The molecule has 0 atom stereocenters. The first-order valence-electron chi connectivity index (χ1n) is 3.83. The van der Waals surface area contributed by atoms with Gasteiger partial charge in [0.25, 0.3) is 0 Å². The van der Waals surface area contributed by atoms with E-state index in [1.807, 2.05) is 0 Å². The molecule has 0 aliphatic heterocycles. The molecule has 1 aromatic carbocycles. The molecule has 8 heteroatoms. The summed E-state index contributed by atoms with van der Waals surface area (Å²) in [6.45, 7) is 0. The SMILES string of the molecule is O=C(O)c1ccc([N+](=O)[O-])c(O)c1C(=O)O. The Labute approximate surface area is 87.5 Å². The summed E-state index contributed by atoms with van der Waals surface area (Å²) in [6.07, 6.45) is 0. The van der Waals surface area contributed by atoms with Crippen molar-refractivity contribution in [1.82, 2.24) is 0 Å². The third-order valence-corrected chi connectivity index (χ3v) is 1.80. The number of aromatic hydroxyl groups is 1. The van der Waals surface area contributed by atoms with Crippen molar-refractivity contribution in [2.45, 2.75) is 0 Å². The smallest absolute Gasteiger partial charge is 0.340 e. The molecule has 3 N–H and O–H groups in total. The van der Waals surface area contributed by atoms with Crippen molar-refractivity contribution in [3.05, 3.63) is 33.4 Å². The first-order chi connectivity index (χ1) is 7.36. The topological polar surface area (TPSA) is 138 Å². The number of carboxylic acid groups (broad SMARTS) is 2. The summed E-state index contributed by atoms with van der Waals surface area (Å²) >= 11 is 0. The number of carbonyl (C=O) groups is 2. The molecule has 0 amide bonds. The van der Waals surface area contributed by atoms with Gasteiger partial charge in [-0.3, -0.25) is 10.1 Å². The van der Waals surface area contributed by atoms with Gasteiger partial charge < -0.3 is 15.3 Å². The van der Waals surface area contributed by atoms with Crippen LogP contribution in [-0.2, 0) is 0 Å². The first-order valence-corrected chi connectivity index (χ1v) is 3.83. The molecular formula is C8H5NO7. The molecule has 0 spiro atoms. The molecule has 0 heterocycles. The van der Waals surface area contributed by atoms with Gasteiger partial charge in [0.2, 0.25) is 5.75 Å². The van der Waals surface area contributed by atoms with Gasteiger partial charge in [0.1, 0.15) is 5.56 Å². The van der Waals surface area contributed by atoms with Gasteiger partial charge in [-0.15, -0.1) is 0 Å². The van der Waals surface area contributed by atoms with E-state index in [9.17, 15) is 24.8 Å². The molecule has 16 heavy (non-hydrogen) atoms. The van der Waals surface area contributed by atoms with Crippen LogP contribution in [0.15, 0.2) is 12.1 Å². The molecule has 0 saturated carbocycles. The van der Waals surface area contributed by atoms with Gasteiger partial charge in [-0.1, -0.05) is 0 Å². The summed E-state index contributed by atoms with van der Waals surface area (Å²) in [4.78, 5) is 30.7. The van der Waals surface area contributed by atoms with E-state index < -0.39 is 39.4 Å². The molecule has 84 valence electrons. The van der Waals surface area contributed by atoms with E-state index in [-0.39, 0.29) is 0 Å². The van der Waals surface area contributed by atoms with Crippen molar-refractivity contribution >= 4 is 17.6 Å². The lowest BCUT2D eigenvalue weighted by molar-refractivity contribution is -0.385. The maximum absolute atomic E-state index is 10.7. The highest BCUT2D eigenvalue weighted by atomic mass is 16.6. The summed E-state index contributed by atoms with van der Waals surface area (Å²) in [5.74, 6) is -4.52. The van der Waals surface area contributed by atoms with Crippen LogP contribution in [0.25, 0.3) is 0 Å². The molecule has 0 aliphatic carbocycles. The zero-order chi connectivity index (χ0) is 12.5. The van der Waals surface area contributed by atoms with Crippen molar-refractivity contribution < 1.29 is 29.8 Å². The number of hydrogen-bond acceptors (Lipinski definition) is 5. The Kier molecular flexibility index (Phi) is 2.75. The van der Waals surface area contributed by atoms with Crippen LogP contribution < -0.4 is 0 Å². The fourth-order valence-electron chi connectivity index (χ4n) is 1.12. The fourth-order valence-corrected chi connectivity index (χ4v) is 1.12. The number of nitro benzene ring substituents is 1. The minimum atomic E-state index is -1.75. The number of nitrogens with zero attached hydrogens (tertiary/aromatic N) is 1. The molecule has 0 unspecified atom stereocenters. The predicted molar refractivity (Wildman–Crippen MR) is 48.7 cm³/mol. The van der Waals surface area contributed by atoms with E-state index >= 15 is 0 Å². The second-order valence-electron chi connectivity index (χ2n) is 2.72. The van der Waals surface area contributed by atoms with E-state index in [1.165, 1.54) is 0 Å². The summed E-state index contributed by atoms with van der Waals surface area (Å²) in [6, 6.07) is 1.48. The average molecular weight is 227 g/mol. The lowest BCUT2D eigenvalue weighted by Crippen LogP contribution is -2.09. The van der Waals surface area contributed by atoms with E-state index in [0.717, 1.165) is 12.1 Å². The molecule has 8 nitrogen and oxygen atoms in total. The summed E-state index contributed by atoms with van der Waals surface area (Å²) in [5, 5.41) is 36.9. The van der Waals surface area contributed by atoms with Crippen LogP contribution in [0.5, 0.6) is 5.75 Å². The second kappa shape index (κ2) is 3.85. The van der Waals surface area contributed by atoms with Gasteiger partial charge in [-0.2, -0.15) is 0 Å². The number of aromatic carboxylic acids is 2. The van der Waals surface area contributed by atoms with E-state index in [4.69, 9.17) is 10.2 Å². The zero-order valence-electron chi connectivity index (χ0n) is 7.58. The summed E-state index contributed by atoms with van der Waals surface area (Å²) in [5.41, 5.74) is -2.57. The molecule has 1 rings (SSSR count). The molecule has 0 bridgehead atoms. The van der Waals surface area contributed by atoms with Gasteiger partial charge in [0.15, 0.2) is 0 Å². The third kappa shape index (κ3) is 1.75. The van der Waals surface area contributed by atoms with Crippen molar-refractivity contribution in [1.29, 1.82) is 0 Å². The zero-order valence-corrected chi connectivity index (χ0v) is 7.58. The second-order valence-corrected chi connectivity index (χ2v) is 2.72. The Hall–Kier alpha value is -2.64. The van der Waals surface area contributed by atoms with E-state index in [1.54, 1.807) is 0 Å². The average Bonchev–Trinajstić information content (AvgIpc) is 2.15. The number of benzene rings is 1. The lowest BCUT2D eigenvalue weighted by atomic mass is 10.1. The number of nitro groups is 1. The Morgan fingerprint density at radius 3 is 2.12 bits per heavy atom. The van der Waals surface area contributed by atoms with Crippen LogP contribution in [0.4, 0.5) is 5.69 Å². The molecule has 1 aromatic rings. The lowest BCUT2D eigenvalue weighted by Gasteiger charge is -2.04. The summed E-state index contributed by atoms with van der Waals surface area (Å²) in [7, 11) is 0. The Bertz CT molecular complexity index is 493. The highest BCUT2D eigenvalue weighted by molar-refractivity contribution is 6.04. The number of carboxylic acids is 2. The van der Waals surface area contributed by atoms with Crippen molar-refractivity contribution in [3.8, 4) is 5.75 Å². The fraction of sp³-hybridized carbons (Fsp3) is 0. The normalized spacial score (nSPS) is 9.75. The Morgan fingerprint density at radius 2 is 1.75 bits per heavy atom. The maximum Gasteiger partial charge on any atom is 0.340 e. The van der Waals surface area contributed by atoms with E-state index in [0.29, 0.717) is 0 Å². The van der Waals surface area contributed by atoms with Gasteiger partial charge in [-0.25, -0.2) is 9.59 Å². The van der Waals surface area contributed by atoms with Crippen LogP contribution >= 0.6 is 0 Å². The number of rotatable bonds is 3. The van der Waals surface area contributed by atoms with Crippen LogP contribution in [0.1, 0.15) is 20.7 Å². The molecule has 0 aliphatic rings.